The maximum absolute atomic E-state index is 12.8. The highest BCUT2D eigenvalue weighted by molar-refractivity contribution is 5.79. The molecule has 150 valence electrons. The van der Waals surface area contributed by atoms with Crippen LogP contribution in [0.3, 0.4) is 0 Å². The molecule has 0 saturated heterocycles. The summed E-state index contributed by atoms with van der Waals surface area (Å²) in [6.45, 7) is 6.67. The Labute approximate surface area is 165 Å². The van der Waals surface area contributed by atoms with Crippen molar-refractivity contribution in [1.29, 1.82) is 0 Å². The van der Waals surface area contributed by atoms with E-state index in [1.54, 1.807) is 12.1 Å². The zero-order chi connectivity index (χ0) is 20.5. The van der Waals surface area contributed by atoms with Gasteiger partial charge in [-0.05, 0) is 47.7 Å². The number of halogens is 1. The molecule has 0 aliphatic rings. The fourth-order valence-corrected chi connectivity index (χ4v) is 2.69. The van der Waals surface area contributed by atoms with Gasteiger partial charge in [0, 0.05) is 13.1 Å². The van der Waals surface area contributed by atoms with E-state index in [1.165, 1.54) is 12.1 Å². The molecule has 2 aromatic rings. The SMILES string of the molecule is Cc1ccc(C(C)C)c(OCC(=O)NCCNC(=O)Cc2ccc(F)cc2)c1. The third kappa shape index (κ3) is 7.02. The summed E-state index contributed by atoms with van der Waals surface area (Å²) in [5.41, 5.74) is 2.87. The van der Waals surface area contributed by atoms with E-state index in [0.29, 0.717) is 19.0 Å². The van der Waals surface area contributed by atoms with Gasteiger partial charge < -0.3 is 15.4 Å². The molecular weight excluding hydrogens is 359 g/mol. The lowest BCUT2D eigenvalue weighted by atomic mass is 10.0. The van der Waals surface area contributed by atoms with Crippen molar-refractivity contribution in [2.24, 2.45) is 0 Å². The summed E-state index contributed by atoms with van der Waals surface area (Å²) < 4.78 is 18.5. The van der Waals surface area contributed by atoms with E-state index < -0.39 is 0 Å². The zero-order valence-corrected chi connectivity index (χ0v) is 16.5. The number of benzene rings is 2. The Morgan fingerprint density at radius 3 is 2.29 bits per heavy atom. The minimum atomic E-state index is -0.333. The average molecular weight is 386 g/mol. The first-order chi connectivity index (χ1) is 13.3. The van der Waals surface area contributed by atoms with Crippen molar-refractivity contribution in [3.8, 4) is 5.75 Å². The largest absolute Gasteiger partial charge is 0.483 e. The molecular formula is C22H27FN2O3. The molecule has 0 aromatic heterocycles. The van der Waals surface area contributed by atoms with Crippen molar-refractivity contribution in [2.45, 2.75) is 33.1 Å². The number of hydrogen-bond donors (Lipinski definition) is 2. The fraction of sp³-hybridized carbons (Fsp3) is 0.364. The van der Waals surface area contributed by atoms with E-state index in [1.807, 2.05) is 25.1 Å². The Bertz CT molecular complexity index is 804. The van der Waals surface area contributed by atoms with Crippen LogP contribution in [0.2, 0.25) is 0 Å². The number of rotatable bonds is 9. The Morgan fingerprint density at radius 2 is 1.64 bits per heavy atom. The minimum Gasteiger partial charge on any atom is -0.483 e. The molecule has 0 saturated carbocycles. The summed E-state index contributed by atoms with van der Waals surface area (Å²) in [6, 6.07) is 11.8. The second-order valence-corrected chi connectivity index (χ2v) is 6.99. The molecule has 0 fully saturated rings. The van der Waals surface area contributed by atoms with E-state index >= 15 is 0 Å². The van der Waals surface area contributed by atoms with E-state index in [9.17, 15) is 14.0 Å². The van der Waals surface area contributed by atoms with Gasteiger partial charge in [0.1, 0.15) is 11.6 Å². The number of ether oxygens (including phenoxy) is 1. The summed E-state index contributed by atoms with van der Waals surface area (Å²) in [4.78, 5) is 23.8. The van der Waals surface area contributed by atoms with Gasteiger partial charge in [-0.1, -0.05) is 38.1 Å². The van der Waals surface area contributed by atoms with Crippen LogP contribution in [0.25, 0.3) is 0 Å². The Kier molecular flexibility index (Phi) is 7.99. The highest BCUT2D eigenvalue weighted by Crippen LogP contribution is 2.27. The van der Waals surface area contributed by atoms with E-state index in [2.05, 4.69) is 24.5 Å². The quantitative estimate of drug-likeness (QED) is 0.651. The summed E-state index contributed by atoms with van der Waals surface area (Å²) in [6.07, 6.45) is 0.169. The van der Waals surface area contributed by atoms with Gasteiger partial charge in [-0.15, -0.1) is 0 Å². The first-order valence-electron chi connectivity index (χ1n) is 9.36. The second kappa shape index (κ2) is 10.4. The zero-order valence-electron chi connectivity index (χ0n) is 16.5. The van der Waals surface area contributed by atoms with Crippen LogP contribution in [0.1, 0.15) is 36.5 Å². The first kappa shape index (κ1) is 21.4. The molecule has 2 aromatic carbocycles. The molecule has 2 amide bonds. The second-order valence-electron chi connectivity index (χ2n) is 6.99. The molecule has 0 radical (unpaired) electrons. The molecule has 6 heteroatoms. The van der Waals surface area contributed by atoms with Crippen LogP contribution >= 0.6 is 0 Å². The molecule has 0 bridgehead atoms. The molecule has 28 heavy (non-hydrogen) atoms. The average Bonchev–Trinajstić information content (AvgIpc) is 2.65. The van der Waals surface area contributed by atoms with Crippen LogP contribution in [0.4, 0.5) is 4.39 Å². The molecule has 5 nitrogen and oxygen atoms in total. The number of hydrogen-bond acceptors (Lipinski definition) is 3. The number of nitrogens with one attached hydrogen (secondary N) is 2. The minimum absolute atomic E-state index is 0.0767. The predicted molar refractivity (Wildman–Crippen MR) is 107 cm³/mol. The van der Waals surface area contributed by atoms with Crippen LogP contribution in [0.15, 0.2) is 42.5 Å². The maximum Gasteiger partial charge on any atom is 0.258 e. The van der Waals surface area contributed by atoms with Gasteiger partial charge in [0.25, 0.3) is 5.91 Å². The van der Waals surface area contributed by atoms with Crippen LogP contribution in [-0.2, 0) is 16.0 Å². The molecule has 0 aliphatic heterocycles. The third-order valence-corrected chi connectivity index (χ3v) is 4.20. The van der Waals surface area contributed by atoms with Crippen molar-refractivity contribution in [1.82, 2.24) is 10.6 Å². The van der Waals surface area contributed by atoms with Gasteiger partial charge in [0.05, 0.1) is 6.42 Å². The number of amides is 2. The number of aryl methyl sites for hydroxylation is 1. The molecule has 2 rings (SSSR count). The van der Waals surface area contributed by atoms with E-state index in [0.717, 1.165) is 22.4 Å². The molecule has 0 aliphatic carbocycles. The first-order valence-corrected chi connectivity index (χ1v) is 9.36. The Hall–Kier alpha value is -2.89. The smallest absolute Gasteiger partial charge is 0.258 e. The summed E-state index contributed by atoms with van der Waals surface area (Å²) in [5, 5.41) is 5.43. The summed E-state index contributed by atoms with van der Waals surface area (Å²) in [7, 11) is 0. The van der Waals surface area contributed by atoms with Crippen LogP contribution in [-0.4, -0.2) is 31.5 Å². The fourth-order valence-electron chi connectivity index (χ4n) is 2.69. The molecule has 0 unspecified atom stereocenters. The van der Waals surface area contributed by atoms with Crippen molar-refractivity contribution >= 4 is 11.8 Å². The monoisotopic (exact) mass is 386 g/mol. The highest BCUT2D eigenvalue weighted by Gasteiger charge is 2.10. The van der Waals surface area contributed by atoms with Crippen molar-refractivity contribution in [3.63, 3.8) is 0 Å². The van der Waals surface area contributed by atoms with Gasteiger partial charge in [-0.2, -0.15) is 0 Å². The summed E-state index contributed by atoms with van der Waals surface area (Å²) in [5.74, 6) is 0.260. The van der Waals surface area contributed by atoms with Gasteiger partial charge in [-0.3, -0.25) is 9.59 Å². The lowest BCUT2D eigenvalue weighted by Crippen LogP contribution is -2.37. The van der Waals surface area contributed by atoms with E-state index in [4.69, 9.17) is 4.74 Å². The van der Waals surface area contributed by atoms with Crippen molar-refractivity contribution in [2.75, 3.05) is 19.7 Å². The Balaban J connectivity index is 1.68. The van der Waals surface area contributed by atoms with Crippen LogP contribution in [0.5, 0.6) is 5.75 Å². The van der Waals surface area contributed by atoms with Gasteiger partial charge in [0.15, 0.2) is 6.61 Å². The normalized spacial score (nSPS) is 10.6. The number of carbonyl (C=O) groups excluding carboxylic acids is 2. The van der Waals surface area contributed by atoms with Gasteiger partial charge in [0.2, 0.25) is 5.91 Å². The van der Waals surface area contributed by atoms with Crippen LogP contribution < -0.4 is 15.4 Å². The van der Waals surface area contributed by atoms with Gasteiger partial charge in [-0.25, -0.2) is 4.39 Å². The van der Waals surface area contributed by atoms with Crippen molar-refractivity contribution in [3.05, 3.63) is 65.0 Å². The maximum atomic E-state index is 12.8. The molecule has 0 atom stereocenters. The van der Waals surface area contributed by atoms with Crippen molar-refractivity contribution < 1.29 is 18.7 Å². The molecule has 0 spiro atoms. The number of carbonyl (C=O) groups is 2. The molecule has 2 N–H and O–H groups in total. The standard InChI is InChI=1S/C22H27FN2O3/c1-15(2)19-9-4-16(3)12-20(19)28-14-22(27)25-11-10-24-21(26)13-17-5-7-18(23)8-6-17/h4-9,12,15H,10-11,13-14H2,1-3H3,(H,24,26)(H,25,27). The predicted octanol–water partition coefficient (Wildman–Crippen LogP) is 3.11. The molecule has 0 heterocycles. The lowest BCUT2D eigenvalue weighted by Gasteiger charge is -2.15. The topological polar surface area (TPSA) is 67.4 Å². The lowest BCUT2D eigenvalue weighted by molar-refractivity contribution is -0.124. The van der Waals surface area contributed by atoms with Crippen LogP contribution in [0, 0.1) is 12.7 Å². The third-order valence-electron chi connectivity index (χ3n) is 4.20. The summed E-state index contributed by atoms with van der Waals surface area (Å²) >= 11 is 0. The van der Waals surface area contributed by atoms with Gasteiger partial charge >= 0.3 is 0 Å². The highest BCUT2D eigenvalue weighted by atomic mass is 19.1. The Morgan fingerprint density at radius 1 is 1.00 bits per heavy atom. The van der Waals surface area contributed by atoms with E-state index in [-0.39, 0.29) is 30.7 Å².